The zero-order chi connectivity index (χ0) is 13.7. The zero-order valence-corrected chi connectivity index (χ0v) is 11.7. The molecule has 0 amide bonds. The van der Waals surface area contributed by atoms with Crippen LogP contribution in [0.25, 0.3) is 5.57 Å². The van der Waals surface area contributed by atoms with E-state index in [2.05, 4.69) is 30.1 Å². The van der Waals surface area contributed by atoms with Crippen molar-refractivity contribution in [2.24, 2.45) is 5.92 Å². The van der Waals surface area contributed by atoms with Crippen molar-refractivity contribution in [3.8, 4) is 0 Å². The van der Waals surface area contributed by atoms with E-state index in [1.54, 1.807) is 0 Å². The smallest absolute Gasteiger partial charge is 0.309 e. The van der Waals surface area contributed by atoms with Gasteiger partial charge in [0.1, 0.15) is 0 Å². The number of allylic oxidation sites excluding steroid dienone is 2. The largest absolute Gasteiger partial charge is 0.466 e. The molecule has 0 aromatic carbocycles. The first-order valence-electron chi connectivity index (χ1n) is 7.06. The van der Waals surface area contributed by atoms with Crippen molar-refractivity contribution in [2.75, 3.05) is 6.61 Å². The second kappa shape index (κ2) is 6.50. The monoisotopic (exact) mass is 259 g/mol. The summed E-state index contributed by atoms with van der Waals surface area (Å²) in [5.41, 5.74) is 3.43. The summed E-state index contributed by atoms with van der Waals surface area (Å²) in [5.74, 6) is -0.0360. The lowest BCUT2D eigenvalue weighted by Crippen LogP contribution is -2.19. The van der Waals surface area contributed by atoms with Crippen molar-refractivity contribution in [2.45, 2.75) is 39.5 Å². The summed E-state index contributed by atoms with van der Waals surface area (Å²) in [6.45, 7) is 4.42. The van der Waals surface area contributed by atoms with Gasteiger partial charge in [-0.15, -0.1) is 0 Å². The van der Waals surface area contributed by atoms with Crippen LogP contribution in [0.2, 0.25) is 0 Å². The molecule has 3 nitrogen and oxygen atoms in total. The quantitative estimate of drug-likeness (QED) is 0.778. The highest BCUT2D eigenvalue weighted by Crippen LogP contribution is 2.30. The van der Waals surface area contributed by atoms with Gasteiger partial charge in [0.2, 0.25) is 0 Å². The molecule has 1 aliphatic carbocycles. The fraction of sp³-hybridized carbons (Fsp3) is 0.500. The predicted octanol–water partition coefficient (Wildman–Crippen LogP) is 3.39. The van der Waals surface area contributed by atoms with Crippen LogP contribution in [0.1, 0.15) is 44.5 Å². The highest BCUT2D eigenvalue weighted by molar-refractivity contribution is 5.75. The molecular formula is C16H21NO2. The number of carbonyl (C=O) groups is 1. The third-order valence-corrected chi connectivity index (χ3v) is 3.53. The number of ether oxygens (including phenoxy) is 1. The Morgan fingerprint density at radius 2 is 2.26 bits per heavy atom. The highest BCUT2D eigenvalue weighted by atomic mass is 16.5. The van der Waals surface area contributed by atoms with Crippen molar-refractivity contribution >= 4 is 11.5 Å². The molecule has 0 aliphatic heterocycles. The fourth-order valence-electron chi connectivity index (χ4n) is 2.40. The Hall–Kier alpha value is -1.64. The van der Waals surface area contributed by atoms with Crippen molar-refractivity contribution in [1.29, 1.82) is 0 Å². The summed E-state index contributed by atoms with van der Waals surface area (Å²) < 4.78 is 5.07. The normalized spacial score (nSPS) is 18.8. The summed E-state index contributed by atoms with van der Waals surface area (Å²) in [6, 6.07) is 6.16. The first kappa shape index (κ1) is 13.8. The summed E-state index contributed by atoms with van der Waals surface area (Å²) in [6.07, 6.45) is 5.64. The number of hydrogen-bond acceptors (Lipinski definition) is 3. The highest BCUT2D eigenvalue weighted by Gasteiger charge is 2.23. The summed E-state index contributed by atoms with van der Waals surface area (Å²) in [4.78, 5) is 16.3. The Labute approximate surface area is 114 Å². The molecule has 0 fully saturated rings. The molecule has 1 aliphatic rings. The van der Waals surface area contributed by atoms with Gasteiger partial charge in [-0.25, -0.2) is 0 Å². The molecule has 0 N–H and O–H groups in total. The molecule has 2 rings (SSSR count). The molecule has 1 unspecified atom stereocenters. The van der Waals surface area contributed by atoms with E-state index in [1.807, 2.05) is 13.0 Å². The van der Waals surface area contributed by atoms with E-state index in [0.29, 0.717) is 6.61 Å². The molecule has 0 spiro atoms. The first-order chi connectivity index (χ1) is 9.24. The van der Waals surface area contributed by atoms with E-state index in [9.17, 15) is 4.79 Å². The Kier molecular flexibility index (Phi) is 4.72. The van der Waals surface area contributed by atoms with Crippen molar-refractivity contribution in [3.63, 3.8) is 0 Å². The third-order valence-electron chi connectivity index (χ3n) is 3.53. The van der Waals surface area contributed by atoms with Crippen LogP contribution in [0.4, 0.5) is 0 Å². The Morgan fingerprint density at radius 1 is 1.42 bits per heavy atom. The summed E-state index contributed by atoms with van der Waals surface area (Å²) >= 11 is 0. The van der Waals surface area contributed by atoms with E-state index < -0.39 is 0 Å². The molecular weight excluding hydrogens is 238 g/mol. The molecule has 0 radical (unpaired) electrons. The van der Waals surface area contributed by atoms with Gasteiger partial charge in [0.15, 0.2) is 0 Å². The molecule has 0 bridgehead atoms. The van der Waals surface area contributed by atoms with Gasteiger partial charge in [0.25, 0.3) is 0 Å². The minimum atomic E-state index is -0.0620. The number of nitrogens with zero attached hydrogens (tertiary/aromatic N) is 1. The minimum Gasteiger partial charge on any atom is -0.466 e. The van der Waals surface area contributed by atoms with E-state index in [0.717, 1.165) is 37.1 Å². The molecule has 102 valence electrons. The van der Waals surface area contributed by atoms with Gasteiger partial charge in [0, 0.05) is 5.69 Å². The fourth-order valence-corrected chi connectivity index (χ4v) is 2.40. The maximum atomic E-state index is 11.7. The standard InChI is InChI=1S/C16H21NO2/c1-3-14-6-5-7-15(17-14)12-8-10-13(11-9-12)16(18)19-4-2/h5-8,13H,3-4,9-11H2,1-2H3. The second-order valence-corrected chi connectivity index (χ2v) is 4.82. The van der Waals surface area contributed by atoms with Gasteiger partial charge in [-0.2, -0.15) is 0 Å². The van der Waals surface area contributed by atoms with Crippen LogP contribution >= 0.6 is 0 Å². The van der Waals surface area contributed by atoms with Crippen LogP contribution in [0.15, 0.2) is 24.3 Å². The van der Waals surface area contributed by atoms with Crippen LogP contribution in [0.3, 0.4) is 0 Å². The van der Waals surface area contributed by atoms with Crippen molar-refractivity contribution in [1.82, 2.24) is 4.98 Å². The average molecular weight is 259 g/mol. The number of aromatic nitrogens is 1. The van der Waals surface area contributed by atoms with Crippen LogP contribution in [-0.2, 0) is 16.0 Å². The summed E-state index contributed by atoms with van der Waals surface area (Å²) in [7, 11) is 0. The van der Waals surface area contributed by atoms with Gasteiger partial charge in [-0.3, -0.25) is 9.78 Å². The van der Waals surface area contributed by atoms with Gasteiger partial charge in [-0.05, 0) is 50.3 Å². The Balaban J connectivity index is 2.05. The van der Waals surface area contributed by atoms with Gasteiger partial charge >= 0.3 is 5.97 Å². The molecule has 3 heteroatoms. The molecule has 1 aromatic rings. The number of hydrogen-bond donors (Lipinski definition) is 0. The first-order valence-corrected chi connectivity index (χ1v) is 7.06. The number of esters is 1. The average Bonchev–Trinajstić information content (AvgIpc) is 2.48. The lowest BCUT2D eigenvalue weighted by molar-refractivity contribution is -0.148. The second-order valence-electron chi connectivity index (χ2n) is 4.82. The lowest BCUT2D eigenvalue weighted by atomic mass is 9.88. The van der Waals surface area contributed by atoms with Gasteiger partial charge < -0.3 is 4.74 Å². The van der Waals surface area contributed by atoms with Crippen LogP contribution in [0.5, 0.6) is 0 Å². The molecule has 0 saturated carbocycles. The zero-order valence-electron chi connectivity index (χ0n) is 11.7. The molecule has 1 heterocycles. The maximum absolute atomic E-state index is 11.7. The van der Waals surface area contributed by atoms with E-state index >= 15 is 0 Å². The van der Waals surface area contributed by atoms with Crippen molar-refractivity contribution in [3.05, 3.63) is 35.7 Å². The summed E-state index contributed by atoms with van der Waals surface area (Å²) in [5, 5.41) is 0. The third kappa shape index (κ3) is 3.43. The van der Waals surface area contributed by atoms with Crippen LogP contribution < -0.4 is 0 Å². The number of aryl methyl sites for hydroxylation is 1. The van der Waals surface area contributed by atoms with Gasteiger partial charge in [-0.1, -0.05) is 19.1 Å². The number of carbonyl (C=O) groups excluding carboxylic acids is 1. The molecule has 19 heavy (non-hydrogen) atoms. The van der Waals surface area contributed by atoms with Crippen molar-refractivity contribution < 1.29 is 9.53 Å². The number of rotatable bonds is 4. The topological polar surface area (TPSA) is 39.2 Å². The SMILES string of the molecule is CCOC(=O)C1CC=C(c2cccc(CC)n2)CC1. The van der Waals surface area contributed by atoms with Gasteiger partial charge in [0.05, 0.1) is 18.2 Å². The predicted molar refractivity (Wildman–Crippen MR) is 75.6 cm³/mol. The van der Waals surface area contributed by atoms with Crippen LogP contribution in [-0.4, -0.2) is 17.6 Å². The van der Waals surface area contributed by atoms with E-state index in [-0.39, 0.29) is 11.9 Å². The Bertz CT molecular complexity index is 479. The lowest BCUT2D eigenvalue weighted by Gasteiger charge is -2.20. The maximum Gasteiger partial charge on any atom is 0.309 e. The molecule has 0 saturated heterocycles. The molecule has 1 atom stereocenters. The van der Waals surface area contributed by atoms with Crippen LogP contribution in [0, 0.1) is 5.92 Å². The van der Waals surface area contributed by atoms with E-state index in [4.69, 9.17) is 4.74 Å². The minimum absolute atomic E-state index is 0.0260. The number of pyridine rings is 1. The Morgan fingerprint density at radius 3 is 2.89 bits per heavy atom. The molecule has 1 aromatic heterocycles. The van der Waals surface area contributed by atoms with E-state index in [1.165, 1.54) is 5.57 Å².